The Morgan fingerprint density at radius 2 is 1.50 bits per heavy atom. The second kappa shape index (κ2) is 4.24. The highest BCUT2D eigenvalue weighted by atomic mass is 16.3. The molecule has 0 spiro atoms. The molecule has 0 heterocycles. The van der Waals surface area contributed by atoms with Crippen molar-refractivity contribution >= 4 is 11.4 Å². The number of rotatable bonds is 2. The lowest BCUT2D eigenvalue weighted by Crippen LogP contribution is -1.93. The van der Waals surface area contributed by atoms with E-state index in [9.17, 15) is 5.11 Å². The predicted molar refractivity (Wildman–Crippen MR) is 66.6 cm³/mol. The fraction of sp³-hybridized carbons (Fsp3) is 0.0769. The number of aliphatic hydroxyl groups is 1. The number of benzene rings is 2. The van der Waals surface area contributed by atoms with E-state index in [1.165, 1.54) is 0 Å². The molecule has 0 aliphatic carbocycles. The molecule has 0 saturated carbocycles. The lowest BCUT2D eigenvalue weighted by Gasteiger charge is -2.08. The summed E-state index contributed by atoms with van der Waals surface area (Å²) in [6.07, 6.45) is 0. The zero-order valence-electron chi connectivity index (χ0n) is 8.85. The maximum absolute atomic E-state index is 9.28. The molecule has 0 fully saturated rings. The number of nitrogen functional groups attached to an aromatic ring is 2. The van der Waals surface area contributed by atoms with Crippen molar-refractivity contribution in [1.29, 1.82) is 0 Å². The van der Waals surface area contributed by atoms with Crippen LogP contribution in [0.15, 0.2) is 42.5 Å². The summed E-state index contributed by atoms with van der Waals surface area (Å²) in [4.78, 5) is 0. The molecule has 2 aromatic rings. The third-order valence-electron chi connectivity index (χ3n) is 2.52. The van der Waals surface area contributed by atoms with Crippen molar-refractivity contribution in [1.82, 2.24) is 0 Å². The van der Waals surface area contributed by atoms with Crippen LogP contribution in [0.1, 0.15) is 5.56 Å². The molecule has 0 atom stereocenters. The third kappa shape index (κ3) is 1.99. The molecule has 16 heavy (non-hydrogen) atoms. The van der Waals surface area contributed by atoms with E-state index in [0.717, 1.165) is 22.4 Å². The molecule has 0 bridgehead atoms. The van der Waals surface area contributed by atoms with Gasteiger partial charge in [0.2, 0.25) is 0 Å². The first-order valence-electron chi connectivity index (χ1n) is 5.06. The zero-order chi connectivity index (χ0) is 11.5. The average Bonchev–Trinajstić information content (AvgIpc) is 2.30. The van der Waals surface area contributed by atoms with Crippen molar-refractivity contribution in [3.8, 4) is 11.1 Å². The number of hydrogen-bond acceptors (Lipinski definition) is 3. The van der Waals surface area contributed by atoms with Crippen molar-refractivity contribution in [2.75, 3.05) is 11.5 Å². The van der Waals surface area contributed by atoms with Crippen LogP contribution in [0, 0.1) is 0 Å². The lowest BCUT2D eigenvalue weighted by atomic mass is 9.99. The Labute approximate surface area is 94.3 Å². The summed E-state index contributed by atoms with van der Waals surface area (Å²) >= 11 is 0. The first-order valence-corrected chi connectivity index (χ1v) is 5.06. The first-order chi connectivity index (χ1) is 7.70. The molecule has 0 saturated heterocycles. The van der Waals surface area contributed by atoms with Gasteiger partial charge in [-0.1, -0.05) is 18.2 Å². The minimum Gasteiger partial charge on any atom is -0.399 e. The van der Waals surface area contributed by atoms with Gasteiger partial charge in [-0.15, -0.1) is 0 Å². The number of nitrogens with two attached hydrogens (primary N) is 2. The third-order valence-corrected chi connectivity index (χ3v) is 2.52. The molecule has 3 heteroatoms. The van der Waals surface area contributed by atoms with E-state index < -0.39 is 0 Å². The van der Waals surface area contributed by atoms with Crippen LogP contribution in [0.2, 0.25) is 0 Å². The van der Waals surface area contributed by atoms with Gasteiger partial charge in [0.1, 0.15) is 0 Å². The first kappa shape index (κ1) is 10.5. The number of anilines is 2. The van der Waals surface area contributed by atoms with Gasteiger partial charge in [0, 0.05) is 11.4 Å². The molecule has 2 rings (SSSR count). The second-order valence-corrected chi connectivity index (χ2v) is 3.70. The highest BCUT2D eigenvalue weighted by molar-refractivity contribution is 5.70. The topological polar surface area (TPSA) is 72.3 Å². The summed E-state index contributed by atoms with van der Waals surface area (Å²) in [5, 5.41) is 9.28. The van der Waals surface area contributed by atoms with Crippen molar-refractivity contribution in [3.05, 3.63) is 48.0 Å². The molecule has 0 aliphatic rings. The van der Waals surface area contributed by atoms with Crippen molar-refractivity contribution in [3.63, 3.8) is 0 Å². The van der Waals surface area contributed by atoms with E-state index in [4.69, 9.17) is 11.5 Å². The van der Waals surface area contributed by atoms with Gasteiger partial charge in [-0.25, -0.2) is 0 Å². The van der Waals surface area contributed by atoms with Crippen LogP contribution >= 0.6 is 0 Å². The van der Waals surface area contributed by atoms with Crippen LogP contribution in [0.25, 0.3) is 11.1 Å². The Bertz CT molecular complexity index is 492. The predicted octanol–water partition coefficient (Wildman–Crippen LogP) is 2.01. The van der Waals surface area contributed by atoms with E-state index in [0.29, 0.717) is 5.69 Å². The molecule has 0 aliphatic heterocycles. The van der Waals surface area contributed by atoms with Gasteiger partial charge in [0.25, 0.3) is 0 Å². The van der Waals surface area contributed by atoms with Gasteiger partial charge in [0.15, 0.2) is 0 Å². The molecule has 82 valence electrons. The molecule has 0 radical (unpaired) electrons. The summed E-state index contributed by atoms with van der Waals surface area (Å²) in [7, 11) is 0. The fourth-order valence-electron chi connectivity index (χ4n) is 1.69. The van der Waals surface area contributed by atoms with Crippen LogP contribution in [0.5, 0.6) is 0 Å². The number of hydrogen-bond donors (Lipinski definition) is 3. The summed E-state index contributed by atoms with van der Waals surface area (Å²) in [6.45, 7) is -0.0231. The Hall–Kier alpha value is -2.00. The Kier molecular flexibility index (Phi) is 2.79. The van der Waals surface area contributed by atoms with Crippen LogP contribution < -0.4 is 11.5 Å². The summed E-state index contributed by atoms with van der Waals surface area (Å²) < 4.78 is 0. The maximum atomic E-state index is 9.28. The minimum atomic E-state index is -0.0231. The highest BCUT2D eigenvalue weighted by Crippen LogP contribution is 2.26. The Morgan fingerprint density at radius 1 is 0.875 bits per heavy atom. The molecule has 2 aromatic carbocycles. The van der Waals surface area contributed by atoms with E-state index in [-0.39, 0.29) is 6.61 Å². The summed E-state index contributed by atoms with van der Waals surface area (Å²) in [5.74, 6) is 0. The lowest BCUT2D eigenvalue weighted by molar-refractivity contribution is 0.282. The smallest absolute Gasteiger partial charge is 0.0688 e. The monoisotopic (exact) mass is 214 g/mol. The van der Waals surface area contributed by atoms with Gasteiger partial charge in [-0.3, -0.25) is 0 Å². The standard InChI is InChI=1S/C13H14N2O/c14-11-3-1-9(2-4-11)13-6-5-12(15)7-10(13)8-16/h1-7,16H,8,14-15H2. The molecular weight excluding hydrogens is 200 g/mol. The zero-order valence-corrected chi connectivity index (χ0v) is 8.85. The fourth-order valence-corrected chi connectivity index (χ4v) is 1.69. The molecule has 5 N–H and O–H groups in total. The van der Waals surface area contributed by atoms with Crippen LogP contribution in [0.4, 0.5) is 11.4 Å². The quantitative estimate of drug-likeness (QED) is 0.669. The van der Waals surface area contributed by atoms with Gasteiger partial charge in [-0.05, 0) is 41.0 Å². The van der Waals surface area contributed by atoms with E-state index in [2.05, 4.69) is 0 Å². The molecule has 3 nitrogen and oxygen atoms in total. The van der Waals surface area contributed by atoms with Crippen LogP contribution in [-0.2, 0) is 6.61 Å². The van der Waals surface area contributed by atoms with Gasteiger partial charge >= 0.3 is 0 Å². The van der Waals surface area contributed by atoms with Gasteiger partial charge in [0.05, 0.1) is 6.61 Å². The Balaban J connectivity index is 2.51. The van der Waals surface area contributed by atoms with Crippen molar-refractivity contribution in [2.24, 2.45) is 0 Å². The van der Waals surface area contributed by atoms with E-state index in [1.54, 1.807) is 6.07 Å². The van der Waals surface area contributed by atoms with Crippen molar-refractivity contribution in [2.45, 2.75) is 6.61 Å². The minimum absolute atomic E-state index is 0.0231. The number of aliphatic hydroxyl groups excluding tert-OH is 1. The van der Waals surface area contributed by atoms with Gasteiger partial charge < -0.3 is 16.6 Å². The largest absolute Gasteiger partial charge is 0.399 e. The van der Waals surface area contributed by atoms with Crippen LogP contribution in [-0.4, -0.2) is 5.11 Å². The molecule has 0 aromatic heterocycles. The SMILES string of the molecule is Nc1ccc(-c2ccc(N)cc2CO)cc1. The Morgan fingerprint density at radius 3 is 2.12 bits per heavy atom. The van der Waals surface area contributed by atoms with Gasteiger partial charge in [-0.2, -0.15) is 0 Å². The molecule has 0 unspecified atom stereocenters. The summed E-state index contributed by atoms with van der Waals surface area (Å²) in [6, 6.07) is 13.1. The normalized spacial score (nSPS) is 10.3. The molecule has 0 amide bonds. The van der Waals surface area contributed by atoms with Crippen molar-refractivity contribution < 1.29 is 5.11 Å². The average molecular weight is 214 g/mol. The molecular formula is C13H14N2O. The summed E-state index contributed by atoms with van der Waals surface area (Å²) in [5.41, 5.74) is 15.5. The second-order valence-electron chi connectivity index (χ2n) is 3.70. The maximum Gasteiger partial charge on any atom is 0.0688 e. The van der Waals surface area contributed by atoms with E-state index in [1.807, 2.05) is 36.4 Å². The van der Waals surface area contributed by atoms with Crippen LogP contribution in [0.3, 0.4) is 0 Å². The van der Waals surface area contributed by atoms with E-state index >= 15 is 0 Å². The highest BCUT2D eigenvalue weighted by Gasteiger charge is 2.04.